The predicted molar refractivity (Wildman–Crippen MR) is 73.5 cm³/mol. The number of rotatable bonds is 6. The highest BCUT2D eigenvalue weighted by Crippen LogP contribution is 2.21. The Morgan fingerprint density at radius 2 is 2.17 bits per heavy atom. The molecule has 0 aliphatic carbocycles. The molecule has 0 aromatic carbocycles. The summed E-state index contributed by atoms with van der Waals surface area (Å²) in [5.41, 5.74) is 6.18. The minimum absolute atomic E-state index is 0.0465. The molecule has 1 aromatic heterocycles. The van der Waals surface area contributed by atoms with Crippen LogP contribution in [0, 0.1) is 5.41 Å². The monoisotopic (exact) mass is 251 g/mol. The number of hydrogen-bond donors (Lipinski definition) is 1. The van der Waals surface area contributed by atoms with Crippen LogP contribution >= 0.6 is 0 Å². The summed E-state index contributed by atoms with van der Waals surface area (Å²) in [6.45, 7) is 9.31. The van der Waals surface area contributed by atoms with Crippen molar-refractivity contribution in [3.8, 4) is 0 Å². The fourth-order valence-corrected chi connectivity index (χ4v) is 2.17. The quantitative estimate of drug-likeness (QED) is 0.791. The van der Waals surface area contributed by atoms with E-state index in [0.29, 0.717) is 12.2 Å². The lowest BCUT2D eigenvalue weighted by Gasteiger charge is -2.22. The van der Waals surface area contributed by atoms with Gasteiger partial charge in [0.2, 0.25) is 0 Å². The van der Waals surface area contributed by atoms with Crippen LogP contribution in [0.4, 0.5) is 0 Å². The van der Waals surface area contributed by atoms with E-state index < -0.39 is 0 Å². The number of ketones is 1. The minimum Gasteiger partial charge on any atom is -0.329 e. The van der Waals surface area contributed by atoms with Crippen molar-refractivity contribution in [3.05, 3.63) is 18.2 Å². The number of carbonyl (C=O) groups excluding carboxylic acids is 1. The van der Waals surface area contributed by atoms with E-state index in [9.17, 15) is 4.79 Å². The molecule has 1 atom stereocenters. The molecule has 0 aliphatic heterocycles. The molecule has 0 saturated heterocycles. The first-order valence-electron chi connectivity index (χ1n) is 6.63. The topological polar surface area (TPSA) is 60.9 Å². The van der Waals surface area contributed by atoms with E-state index >= 15 is 0 Å². The lowest BCUT2D eigenvalue weighted by molar-refractivity contribution is 0.0954. The zero-order chi connectivity index (χ0) is 13.8. The van der Waals surface area contributed by atoms with Gasteiger partial charge in [0, 0.05) is 31.4 Å². The van der Waals surface area contributed by atoms with Crippen molar-refractivity contribution >= 4 is 5.78 Å². The first kappa shape index (κ1) is 14.9. The van der Waals surface area contributed by atoms with Gasteiger partial charge in [-0.15, -0.1) is 0 Å². The third-order valence-corrected chi connectivity index (χ3v) is 2.75. The summed E-state index contributed by atoms with van der Waals surface area (Å²) in [6, 6.07) is -0.0933. The van der Waals surface area contributed by atoms with Crippen LogP contribution < -0.4 is 5.73 Å². The normalized spacial score (nSPS) is 13.6. The SMILES string of the molecule is CCCn1ccnc1C(=O)CC(N)CC(C)(C)C. The van der Waals surface area contributed by atoms with Crippen molar-refractivity contribution in [2.75, 3.05) is 0 Å². The Labute approximate surface area is 110 Å². The summed E-state index contributed by atoms with van der Waals surface area (Å²) in [7, 11) is 0. The van der Waals surface area contributed by atoms with Crippen LogP contribution in [-0.4, -0.2) is 21.4 Å². The van der Waals surface area contributed by atoms with Gasteiger partial charge < -0.3 is 10.3 Å². The lowest BCUT2D eigenvalue weighted by atomic mass is 9.87. The number of Topliss-reactive ketones (excluding diaryl/α,β-unsaturated/α-hetero) is 1. The molecule has 1 heterocycles. The average molecular weight is 251 g/mol. The van der Waals surface area contributed by atoms with E-state index in [1.807, 2.05) is 10.8 Å². The number of aryl methyl sites for hydroxylation is 1. The molecule has 0 radical (unpaired) electrons. The molecule has 0 saturated carbocycles. The van der Waals surface area contributed by atoms with Gasteiger partial charge in [-0.3, -0.25) is 4.79 Å². The summed E-state index contributed by atoms with van der Waals surface area (Å²) in [6.07, 6.45) is 5.74. The van der Waals surface area contributed by atoms with Gasteiger partial charge in [0.15, 0.2) is 11.6 Å². The summed E-state index contributed by atoms with van der Waals surface area (Å²) in [4.78, 5) is 16.3. The Morgan fingerprint density at radius 3 is 2.72 bits per heavy atom. The van der Waals surface area contributed by atoms with Crippen LogP contribution in [-0.2, 0) is 6.54 Å². The van der Waals surface area contributed by atoms with E-state index in [2.05, 4.69) is 32.7 Å². The largest absolute Gasteiger partial charge is 0.329 e. The number of nitrogens with zero attached hydrogens (tertiary/aromatic N) is 2. The first-order chi connectivity index (χ1) is 8.33. The molecule has 1 aromatic rings. The van der Waals surface area contributed by atoms with Crippen LogP contribution in [0.3, 0.4) is 0 Å². The third-order valence-electron chi connectivity index (χ3n) is 2.75. The van der Waals surface area contributed by atoms with Gasteiger partial charge in [0.05, 0.1) is 0 Å². The fourth-order valence-electron chi connectivity index (χ4n) is 2.17. The molecule has 2 N–H and O–H groups in total. The van der Waals surface area contributed by atoms with Crippen molar-refractivity contribution in [1.82, 2.24) is 9.55 Å². The second-order valence-corrected chi connectivity index (χ2v) is 6.10. The number of carbonyl (C=O) groups is 1. The van der Waals surface area contributed by atoms with Crippen molar-refractivity contribution in [2.24, 2.45) is 11.1 Å². The van der Waals surface area contributed by atoms with Gasteiger partial charge in [-0.2, -0.15) is 0 Å². The van der Waals surface area contributed by atoms with Crippen molar-refractivity contribution in [1.29, 1.82) is 0 Å². The minimum atomic E-state index is -0.0933. The highest BCUT2D eigenvalue weighted by Gasteiger charge is 2.20. The molecule has 0 fully saturated rings. The molecular weight excluding hydrogens is 226 g/mol. The van der Waals surface area contributed by atoms with E-state index in [1.165, 1.54) is 0 Å². The van der Waals surface area contributed by atoms with Gasteiger partial charge in [-0.1, -0.05) is 27.7 Å². The Balaban J connectivity index is 2.62. The lowest BCUT2D eigenvalue weighted by Crippen LogP contribution is -2.29. The van der Waals surface area contributed by atoms with E-state index in [0.717, 1.165) is 19.4 Å². The van der Waals surface area contributed by atoms with Crippen LogP contribution in [0.25, 0.3) is 0 Å². The number of nitrogens with two attached hydrogens (primary N) is 1. The van der Waals surface area contributed by atoms with Gasteiger partial charge >= 0.3 is 0 Å². The van der Waals surface area contributed by atoms with Crippen LogP contribution in [0.1, 0.15) is 57.6 Å². The van der Waals surface area contributed by atoms with Crippen LogP contribution in [0.5, 0.6) is 0 Å². The summed E-state index contributed by atoms with van der Waals surface area (Å²) >= 11 is 0. The summed E-state index contributed by atoms with van der Waals surface area (Å²) in [5, 5.41) is 0. The average Bonchev–Trinajstić information content (AvgIpc) is 2.63. The fraction of sp³-hybridized carbons (Fsp3) is 0.714. The Hall–Kier alpha value is -1.16. The maximum absolute atomic E-state index is 12.1. The van der Waals surface area contributed by atoms with Crippen molar-refractivity contribution in [3.63, 3.8) is 0 Å². The highest BCUT2D eigenvalue weighted by atomic mass is 16.1. The number of imidazole rings is 1. The number of aromatic nitrogens is 2. The van der Waals surface area contributed by atoms with E-state index in [-0.39, 0.29) is 17.2 Å². The van der Waals surface area contributed by atoms with Crippen molar-refractivity contribution in [2.45, 2.75) is 59.5 Å². The van der Waals surface area contributed by atoms with E-state index in [4.69, 9.17) is 5.73 Å². The predicted octanol–water partition coefficient (Wildman–Crippen LogP) is 2.63. The zero-order valence-corrected chi connectivity index (χ0v) is 11.9. The molecule has 0 bridgehead atoms. The maximum Gasteiger partial charge on any atom is 0.199 e. The molecule has 1 rings (SSSR count). The molecule has 4 nitrogen and oxygen atoms in total. The highest BCUT2D eigenvalue weighted by molar-refractivity contribution is 5.93. The van der Waals surface area contributed by atoms with Gasteiger partial charge in [0.1, 0.15) is 0 Å². The molecule has 18 heavy (non-hydrogen) atoms. The molecule has 0 amide bonds. The van der Waals surface area contributed by atoms with Crippen LogP contribution in [0.15, 0.2) is 12.4 Å². The second kappa shape index (κ2) is 6.14. The summed E-state index contributed by atoms with van der Waals surface area (Å²) < 4.78 is 1.91. The molecule has 1 unspecified atom stereocenters. The Bertz CT molecular complexity index is 390. The second-order valence-electron chi connectivity index (χ2n) is 6.10. The molecular formula is C14H25N3O. The molecule has 0 aliphatic rings. The van der Waals surface area contributed by atoms with Crippen LogP contribution in [0.2, 0.25) is 0 Å². The van der Waals surface area contributed by atoms with Gasteiger partial charge in [0.25, 0.3) is 0 Å². The summed E-state index contributed by atoms with van der Waals surface area (Å²) in [5.74, 6) is 0.589. The first-order valence-corrected chi connectivity index (χ1v) is 6.63. The Morgan fingerprint density at radius 1 is 1.50 bits per heavy atom. The third kappa shape index (κ3) is 4.61. The number of hydrogen-bond acceptors (Lipinski definition) is 3. The zero-order valence-electron chi connectivity index (χ0n) is 11.9. The standard InChI is InChI=1S/C14H25N3O/c1-5-7-17-8-6-16-13(17)12(18)9-11(15)10-14(2,3)4/h6,8,11H,5,7,9-10,15H2,1-4H3. The molecule has 4 heteroatoms. The molecule has 102 valence electrons. The van der Waals surface area contributed by atoms with E-state index in [1.54, 1.807) is 6.20 Å². The molecule has 0 spiro atoms. The smallest absolute Gasteiger partial charge is 0.199 e. The van der Waals surface area contributed by atoms with Crippen molar-refractivity contribution < 1.29 is 4.79 Å². The van der Waals surface area contributed by atoms with Gasteiger partial charge in [-0.05, 0) is 18.3 Å². The Kier molecular flexibility index (Phi) is 5.08. The maximum atomic E-state index is 12.1. The van der Waals surface area contributed by atoms with Gasteiger partial charge in [-0.25, -0.2) is 4.98 Å².